The number of benzene rings is 4. The molecule has 0 spiro atoms. The highest BCUT2D eigenvalue weighted by Crippen LogP contribution is 2.47. The summed E-state index contributed by atoms with van der Waals surface area (Å²) in [6.45, 7) is 9.02. The van der Waals surface area contributed by atoms with Crippen LogP contribution >= 0.6 is 46.4 Å². The number of carbonyl (C=O) groups is 2. The molecule has 2 amide bonds. The minimum absolute atomic E-state index is 0.0197. The van der Waals surface area contributed by atoms with E-state index in [1.165, 1.54) is 24.3 Å². The lowest BCUT2D eigenvalue weighted by atomic mass is 9.91. The summed E-state index contributed by atoms with van der Waals surface area (Å²) in [5.41, 5.74) is 3.89. The topological polar surface area (TPSA) is 209 Å². The molecular weight excluding hydrogens is 1130 g/mol. The second-order valence-corrected chi connectivity index (χ2v) is 25.1. The lowest BCUT2D eigenvalue weighted by Gasteiger charge is -2.27. The number of likely N-dealkylation sites (N-methyl/N-ethyl adjacent to an activating group) is 1. The SMILES string of the molecule is CC(CCC(=O)NCCOCCOCCNS(=O)(=O)c1ccc(O[C@H]2c3cc(Cl)cc(Cl)c3C[C@@H]2C(C)C)cc1)CCC(=O)NCCOCCOCCNS(=O)(=O)c1ccc(O[C@H]2c3cc(Cl)cc(Cl)c3C[C@@H]2N(C)C)cc1. The predicted octanol–water partition coefficient (Wildman–Crippen LogP) is 8.61. The maximum absolute atomic E-state index is 12.9. The van der Waals surface area contributed by atoms with Crippen molar-refractivity contribution in [3.05, 3.63) is 115 Å². The quantitative estimate of drug-likeness (QED) is 0.0324. The average Bonchev–Trinajstić information content (AvgIpc) is 4.15. The Morgan fingerprint density at radius 2 is 0.962 bits per heavy atom. The summed E-state index contributed by atoms with van der Waals surface area (Å²) in [5, 5.41) is 7.95. The van der Waals surface area contributed by atoms with Gasteiger partial charge < -0.3 is 44.0 Å². The summed E-state index contributed by atoms with van der Waals surface area (Å²) in [6, 6.07) is 19.8. The van der Waals surface area contributed by atoms with Crippen LogP contribution in [0.4, 0.5) is 0 Å². The molecule has 0 heterocycles. The number of carbonyl (C=O) groups excluding carboxylic acids is 2. The van der Waals surface area contributed by atoms with Crippen LogP contribution in [0.2, 0.25) is 20.1 Å². The largest absolute Gasteiger partial charge is 0.485 e. The maximum Gasteiger partial charge on any atom is 0.240 e. The van der Waals surface area contributed by atoms with Gasteiger partial charge in [-0.15, -0.1) is 0 Å². The molecule has 2 aliphatic rings. The van der Waals surface area contributed by atoms with Crippen molar-refractivity contribution in [1.29, 1.82) is 0 Å². The molecule has 0 aromatic heterocycles. The standard InChI is InChI=1S/C55H73Cl4N5O12S2/c1-36(2)44-34-45-47(30-38(56)32-49(45)58)54(44)75-40-8-12-42(13-9-40)77(67,68)62-20-24-73-28-26-71-22-18-60-52(65)16-6-37(3)7-17-53(66)61-19-23-72-27-29-74-25-21-63-78(69,70)43-14-10-41(11-15-43)76-55-48-31-39(57)33-50(59)46(48)35-51(55)64(4)5/h8-15,30-33,36-37,44,51,54-55,62-63H,6-7,16-29,34-35H2,1-5H3,(H,60,65)(H,61,66)/t37?,44-,51+,54-,55+/m1/s1. The van der Waals surface area contributed by atoms with Crippen LogP contribution in [0.3, 0.4) is 0 Å². The van der Waals surface area contributed by atoms with Crippen molar-refractivity contribution in [3.8, 4) is 11.5 Å². The van der Waals surface area contributed by atoms with Gasteiger partial charge >= 0.3 is 0 Å². The van der Waals surface area contributed by atoms with Crippen molar-refractivity contribution in [2.45, 2.75) is 87.3 Å². The van der Waals surface area contributed by atoms with E-state index in [-0.39, 0.29) is 104 Å². The van der Waals surface area contributed by atoms with Crippen molar-refractivity contribution in [2.75, 3.05) is 93.1 Å². The van der Waals surface area contributed by atoms with Crippen molar-refractivity contribution in [1.82, 2.24) is 25.0 Å². The third kappa shape index (κ3) is 19.2. The predicted molar refractivity (Wildman–Crippen MR) is 303 cm³/mol. The van der Waals surface area contributed by atoms with Crippen LogP contribution in [0.1, 0.15) is 80.9 Å². The molecule has 2 aliphatic carbocycles. The summed E-state index contributed by atoms with van der Waals surface area (Å²) in [7, 11) is -3.62. The van der Waals surface area contributed by atoms with E-state index >= 15 is 0 Å². The first-order valence-electron chi connectivity index (χ1n) is 26.2. The van der Waals surface area contributed by atoms with E-state index in [2.05, 4.69) is 38.8 Å². The summed E-state index contributed by atoms with van der Waals surface area (Å²) in [6.07, 6.45) is 2.79. The van der Waals surface area contributed by atoms with Gasteiger partial charge in [0.25, 0.3) is 0 Å². The van der Waals surface area contributed by atoms with Gasteiger partial charge in [0, 0.05) is 70.6 Å². The van der Waals surface area contributed by atoms with Crippen LogP contribution in [0.15, 0.2) is 82.6 Å². The zero-order chi connectivity index (χ0) is 56.4. The molecule has 78 heavy (non-hydrogen) atoms. The van der Waals surface area contributed by atoms with Crippen LogP contribution < -0.4 is 29.6 Å². The first kappa shape index (κ1) is 63.4. The summed E-state index contributed by atoms with van der Waals surface area (Å²) in [4.78, 5) is 27.0. The molecule has 5 atom stereocenters. The fourth-order valence-corrected chi connectivity index (χ4v) is 12.4. The number of nitrogens with zero attached hydrogens (tertiary/aromatic N) is 1. The van der Waals surface area contributed by atoms with E-state index in [0.717, 1.165) is 28.7 Å². The Labute approximate surface area is 480 Å². The van der Waals surface area contributed by atoms with Gasteiger partial charge in [0.1, 0.15) is 23.7 Å². The Morgan fingerprint density at radius 3 is 1.38 bits per heavy atom. The molecule has 0 aliphatic heterocycles. The molecule has 0 saturated heterocycles. The summed E-state index contributed by atoms with van der Waals surface area (Å²) >= 11 is 25.6. The molecule has 17 nitrogen and oxygen atoms in total. The monoisotopic (exact) mass is 1200 g/mol. The fourth-order valence-electron chi connectivity index (χ4n) is 9.21. The molecule has 430 valence electrons. The number of ether oxygens (including phenoxy) is 6. The first-order chi connectivity index (χ1) is 37.2. The molecule has 4 aromatic rings. The van der Waals surface area contributed by atoms with E-state index in [0.29, 0.717) is 95.9 Å². The first-order valence-corrected chi connectivity index (χ1v) is 30.7. The molecular formula is C55H73Cl4N5O12S2. The lowest BCUT2D eigenvalue weighted by Crippen LogP contribution is -2.34. The Bertz CT molecular complexity index is 2630. The van der Waals surface area contributed by atoms with Crippen molar-refractivity contribution in [3.63, 3.8) is 0 Å². The third-order valence-electron chi connectivity index (χ3n) is 13.6. The van der Waals surface area contributed by atoms with Gasteiger partial charge in [-0.05, 0) is 141 Å². The van der Waals surface area contributed by atoms with E-state index in [9.17, 15) is 26.4 Å². The summed E-state index contributed by atoms with van der Waals surface area (Å²) < 4.78 is 91.6. The number of hydrogen-bond donors (Lipinski definition) is 4. The molecule has 0 bridgehead atoms. The average molecular weight is 1200 g/mol. The summed E-state index contributed by atoms with van der Waals surface area (Å²) in [5.74, 6) is 1.53. The van der Waals surface area contributed by atoms with Gasteiger partial charge in [0.15, 0.2) is 0 Å². The molecule has 6 rings (SSSR count). The molecule has 23 heteroatoms. The highest BCUT2D eigenvalue weighted by molar-refractivity contribution is 7.89. The van der Waals surface area contributed by atoms with E-state index in [4.69, 9.17) is 74.8 Å². The van der Waals surface area contributed by atoms with Gasteiger partial charge in [-0.1, -0.05) is 67.2 Å². The van der Waals surface area contributed by atoms with Crippen LogP contribution in [-0.2, 0) is 61.4 Å². The molecule has 0 saturated carbocycles. The van der Waals surface area contributed by atoms with Gasteiger partial charge in [0.05, 0.1) is 68.7 Å². The number of hydrogen-bond acceptors (Lipinski definition) is 13. The number of fused-ring (bicyclic) bond motifs is 2. The maximum atomic E-state index is 12.9. The Hall–Kier alpha value is -3.80. The third-order valence-corrected chi connectivity index (χ3v) is 17.7. The van der Waals surface area contributed by atoms with Crippen LogP contribution in [0.5, 0.6) is 11.5 Å². The van der Waals surface area contributed by atoms with Crippen molar-refractivity contribution >= 4 is 78.3 Å². The zero-order valence-corrected chi connectivity index (χ0v) is 49.5. The second-order valence-electron chi connectivity index (χ2n) is 19.9. The van der Waals surface area contributed by atoms with Crippen molar-refractivity contribution in [2.24, 2.45) is 17.8 Å². The second kappa shape index (κ2) is 30.9. The van der Waals surface area contributed by atoms with Crippen LogP contribution in [0, 0.1) is 17.8 Å². The van der Waals surface area contributed by atoms with E-state index in [1.54, 1.807) is 36.4 Å². The minimum Gasteiger partial charge on any atom is -0.485 e. The van der Waals surface area contributed by atoms with E-state index < -0.39 is 20.0 Å². The number of sulfonamides is 2. The molecule has 4 aromatic carbocycles. The van der Waals surface area contributed by atoms with Gasteiger partial charge in [-0.25, -0.2) is 26.3 Å². The number of amides is 2. The van der Waals surface area contributed by atoms with Crippen molar-refractivity contribution < 1.29 is 54.8 Å². The number of halogens is 4. The molecule has 0 radical (unpaired) electrons. The number of nitrogens with one attached hydrogen (secondary N) is 4. The molecule has 0 fully saturated rings. The smallest absolute Gasteiger partial charge is 0.240 e. The zero-order valence-electron chi connectivity index (χ0n) is 44.8. The van der Waals surface area contributed by atoms with Gasteiger partial charge in [0.2, 0.25) is 31.9 Å². The van der Waals surface area contributed by atoms with Gasteiger partial charge in [-0.2, -0.15) is 0 Å². The fraction of sp³-hybridized carbons (Fsp3) is 0.527. The van der Waals surface area contributed by atoms with E-state index in [1.807, 2.05) is 33.2 Å². The molecule has 4 N–H and O–H groups in total. The minimum atomic E-state index is -3.79. The normalized spacial score (nSPS) is 17.5. The highest BCUT2D eigenvalue weighted by Gasteiger charge is 2.39. The van der Waals surface area contributed by atoms with Crippen LogP contribution in [0.25, 0.3) is 0 Å². The Kier molecular flexibility index (Phi) is 25.1. The number of rotatable bonds is 34. The lowest BCUT2D eigenvalue weighted by molar-refractivity contribution is -0.121. The Balaban J connectivity index is 0.714. The molecule has 1 unspecified atom stereocenters. The Morgan fingerprint density at radius 1 is 0.564 bits per heavy atom. The highest BCUT2D eigenvalue weighted by atomic mass is 35.5. The van der Waals surface area contributed by atoms with Crippen LogP contribution in [-0.4, -0.2) is 133 Å². The van der Waals surface area contributed by atoms with Gasteiger partial charge in [-0.3, -0.25) is 9.59 Å².